The summed E-state index contributed by atoms with van der Waals surface area (Å²) in [5.41, 5.74) is 29.2. The van der Waals surface area contributed by atoms with E-state index in [1.807, 2.05) is 6.92 Å². The predicted molar refractivity (Wildman–Crippen MR) is 315 cm³/mol. The number of hydrogen-bond donors (Lipinski definition) is 20. The Morgan fingerprint density at radius 3 is 1.35 bits per heavy atom. The molecule has 1 heterocycles. The Morgan fingerprint density at radius 2 is 0.953 bits per heavy atom. The zero-order chi connectivity index (χ0) is 66.0. The molecule has 0 aromatic rings. The maximum absolute atomic E-state index is 14.4. The van der Waals surface area contributed by atoms with Gasteiger partial charge in [-0.1, -0.05) is 54.4 Å². The monoisotopic (exact) mass is 1250 g/mol. The van der Waals surface area contributed by atoms with Crippen molar-refractivity contribution in [3.8, 4) is 0 Å². The molecule has 13 atom stereocenters. The fourth-order valence-corrected chi connectivity index (χ4v) is 8.60. The number of aliphatic hydroxyl groups is 2. The fourth-order valence-electron chi connectivity index (χ4n) is 8.60. The van der Waals surface area contributed by atoms with E-state index >= 15 is 0 Å². The van der Waals surface area contributed by atoms with Crippen molar-refractivity contribution in [2.45, 2.75) is 205 Å². The summed E-state index contributed by atoms with van der Waals surface area (Å²) in [7, 11) is -4.67. The predicted octanol–water partition coefficient (Wildman–Crippen LogP) is -6.48. The molecular formula is C52H100N16O17S. The number of aliphatic hydroxyl groups excluding tert-OH is 2. The van der Waals surface area contributed by atoms with E-state index in [1.165, 1.54) is 13.8 Å². The molecule has 1 aliphatic heterocycles. The van der Waals surface area contributed by atoms with E-state index in [0.29, 0.717) is 12.3 Å². The standard InChI is InChI=1S/C52H98N16O13.H2O4S/c1-9-29(6)11-10-12-40(71)59-32(13-19-53)47(76)68-42(31(8)70)52(81)64-35(16-22-56)44(73)63-37-18-24-58-51(80)41(30(7)69)67-48(77)36(17-23-57)61-43(72)33(14-20-54)62-49(78)38(25-27(2)3)66-50(79)39(26-28(4)5)65-45(74)34(15-21-55)60-46(37)75;1-5(2,3)4/h27-39,41-42,69-70H,9-26,53-57H2,1-8H3,(H,58,80)(H,59,71)(H,60,75)(H,61,72)(H,62,78)(H,63,73)(H,64,81)(H,65,74)(H,66,79)(H,67,77)(H,68,76);(H2,1,2,3,4)/t29?,30-,31-,32+,33+,34?,35+,36+,37?,38+,39-,41?,42+;/m1./s1. The molecule has 496 valence electrons. The van der Waals surface area contributed by atoms with Gasteiger partial charge in [0.1, 0.15) is 60.4 Å². The molecule has 0 bridgehead atoms. The molecule has 4 unspecified atom stereocenters. The molecule has 0 aliphatic carbocycles. The molecule has 33 nitrogen and oxygen atoms in total. The quantitative estimate of drug-likeness (QED) is 0.0324. The summed E-state index contributed by atoms with van der Waals surface area (Å²) >= 11 is 0. The van der Waals surface area contributed by atoms with E-state index in [1.54, 1.807) is 27.7 Å². The average molecular weight is 1250 g/mol. The molecule has 0 aromatic heterocycles. The van der Waals surface area contributed by atoms with Crippen molar-refractivity contribution in [2.75, 3.05) is 39.3 Å². The van der Waals surface area contributed by atoms with Gasteiger partial charge in [-0.3, -0.25) is 61.8 Å². The van der Waals surface area contributed by atoms with Crippen LogP contribution in [-0.2, 0) is 63.1 Å². The Morgan fingerprint density at radius 1 is 0.547 bits per heavy atom. The van der Waals surface area contributed by atoms with Gasteiger partial charge in [-0.25, -0.2) is 0 Å². The summed E-state index contributed by atoms with van der Waals surface area (Å²) in [6, 6.07) is -14.5. The lowest BCUT2D eigenvalue weighted by Gasteiger charge is -2.29. The summed E-state index contributed by atoms with van der Waals surface area (Å²) < 4.78 is 31.6. The molecular weight excluding hydrogens is 1150 g/mol. The minimum atomic E-state index is -4.67. The molecule has 1 saturated heterocycles. The number of nitrogens with one attached hydrogen (secondary N) is 11. The molecule has 0 aromatic carbocycles. The van der Waals surface area contributed by atoms with E-state index in [2.05, 4.69) is 65.4 Å². The lowest BCUT2D eigenvalue weighted by Crippen LogP contribution is -2.62. The van der Waals surface area contributed by atoms with Crippen LogP contribution in [0.15, 0.2) is 0 Å². The van der Waals surface area contributed by atoms with Crippen LogP contribution in [-0.4, -0.2) is 205 Å². The lowest BCUT2D eigenvalue weighted by molar-refractivity contribution is -0.137. The van der Waals surface area contributed by atoms with Crippen molar-refractivity contribution < 1.29 is 80.5 Å². The van der Waals surface area contributed by atoms with E-state index < -0.39 is 161 Å². The Bertz CT molecular complexity index is 2290. The molecule has 1 rings (SSSR count). The third-order valence-electron chi connectivity index (χ3n) is 13.4. The first kappa shape index (κ1) is 79.8. The topological polar surface area (TPSA) is 565 Å². The van der Waals surface area contributed by atoms with Gasteiger partial charge in [0.15, 0.2) is 0 Å². The Hall–Kier alpha value is -6.24. The average Bonchev–Trinajstić information content (AvgIpc) is 3.51. The normalized spacial score (nSPS) is 22.9. The highest BCUT2D eigenvalue weighted by atomic mass is 32.3. The minimum absolute atomic E-state index is 0.0146. The maximum Gasteiger partial charge on any atom is 0.394 e. The first-order valence-electron chi connectivity index (χ1n) is 29.0. The van der Waals surface area contributed by atoms with Gasteiger partial charge in [0.05, 0.1) is 12.2 Å². The van der Waals surface area contributed by atoms with Gasteiger partial charge in [0.25, 0.3) is 0 Å². The van der Waals surface area contributed by atoms with Crippen molar-refractivity contribution in [1.29, 1.82) is 0 Å². The van der Waals surface area contributed by atoms with Gasteiger partial charge >= 0.3 is 10.4 Å². The zero-order valence-electron chi connectivity index (χ0n) is 50.8. The third-order valence-corrected chi connectivity index (χ3v) is 13.4. The van der Waals surface area contributed by atoms with Crippen molar-refractivity contribution in [3.63, 3.8) is 0 Å². The van der Waals surface area contributed by atoms with Crippen molar-refractivity contribution in [2.24, 2.45) is 46.4 Å². The zero-order valence-corrected chi connectivity index (χ0v) is 51.6. The smallest absolute Gasteiger partial charge is 0.391 e. The maximum atomic E-state index is 14.4. The van der Waals surface area contributed by atoms with Crippen LogP contribution in [0.5, 0.6) is 0 Å². The second kappa shape index (κ2) is 41.8. The van der Waals surface area contributed by atoms with E-state index in [9.17, 15) is 63.0 Å². The van der Waals surface area contributed by atoms with Gasteiger partial charge < -0.3 is 97.4 Å². The number of carbonyl (C=O) groups is 11. The van der Waals surface area contributed by atoms with Gasteiger partial charge in [0, 0.05) is 13.0 Å². The van der Waals surface area contributed by atoms with Crippen LogP contribution in [0.4, 0.5) is 0 Å². The number of rotatable bonds is 28. The number of amides is 11. The summed E-state index contributed by atoms with van der Waals surface area (Å²) in [6.45, 7) is 12.5. The third kappa shape index (κ3) is 32.5. The summed E-state index contributed by atoms with van der Waals surface area (Å²) in [5, 5.41) is 49.5. The molecule has 0 spiro atoms. The highest BCUT2D eigenvalue weighted by Crippen LogP contribution is 2.13. The van der Waals surface area contributed by atoms with Crippen LogP contribution in [0.2, 0.25) is 0 Å². The Balaban J connectivity index is 0.0000138. The molecule has 25 N–H and O–H groups in total. The van der Waals surface area contributed by atoms with Crippen LogP contribution in [0.1, 0.15) is 132 Å². The molecule has 1 fully saturated rings. The van der Waals surface area contributed by atoms with E-state index in [0.717, 1.165) is 12.8 Å². The van der Waals surface area contributed by atoms with E-state index in [-0.39, 0.29) is 95.9 Å². The van der Waals surface area contributed by atoms with Gasteiger partial charge in [-0.05, 0) is 122 Å². The molecule has 1 aliphatic rings. The molecule has 11 amide bonds. The number of hydrogen-bond acceptors (Lipinski definition) is 20. The summed E-state index contributed by atoms with van der Waals surface area (Å²) in [4.78, 5) is 153. The Labute approximate surface area is 503 Å². The first-order valence-corrected chi connectivity index (χ1v) is 30.4. The molecule has 0 radical (unpaired) electrons. The fraction of sp³-hybridized carbons (Fsp3) is 0.788. The van der Waals surface area contributed by atoms with Crippen molar-refractivity contribution >= 4 is 75.4 Å². The Kier molecular flexibility index (Phi) is 38.8. The van der Waals surface area contributed by atoms with Gasteiger partial charge in [-0.15, -0.1) is 0 Å². The van der Waals surface area contributed by atoms with Crippen molar-refractivity contribution in [3.05, 3.63) is 0 Å². The van der Waals surface area contributed by atoms with Crippen LogP contribution >= 0.6 is 0 Å². The summed E-state index contributed by atoms with van der Waals surface area (Å²) in [5.74, 6) is -9.60. The second-order valence-electron chi connectivity index (χ2n) is 22.1. The van der Waals surface area contributed by atoms with Crippen LogP contribution in [0, 0.1) is 17.8 Å². The summed E-state index contributed by atoms with van der Waals surface area (Å²) in [6.07, 6.45) is -1.79. The number of nitrogens with two attached hydrogens (primary N) is 5. The van der Waals surface area contributed by atoms with Crippen molar-refractivity contribution in [1.82, 2.24) is 58.5 Å². The first-order chi connectivity index (χ1) is 40.2. The SMILES string of the molecule is CCC(C)CCCC(=O)N[C@@H](CCN)C(=O)N[C@H](C(=O)N[C@@H](CCN)C(=O)NC1CCNC(=O)C([C@@H](C)O)NC(=O)[C@H](CCN)NC(=O)[C@H](CCN)NC(=O)[C@H](CC(C)C)NC(=O)[C@@H](CC(C)C)NC(=O)C(CCN)NC1=O)[C@@H](C)O.O=S(=O)(O)O. The van der Waals surface area contributed by atoms with Crippen LogP contribution in [0.25, 0.3) is 0 Å². The number of carbonyl (C=O) groups excluding carboxylic acids is 11. The molecule has 0 saturated carbocycles. The van der Waals surface area contributed by atoms with Crippen LogP contribution < -0.4 is 87.2 Å². The second-order valence-corrected chi connectivity index (χ2v) is 23.0. The molecule has 34 heteroatoms. The lowest BCUT2D eigenvalue weighted by atomic mass is 9.99. The highest BCUT2D eigenvalue weighted by Gasteiger charge is 2.37. The van der Waals surface area contributed by atoms with E-state index in [4.69, 9.17) is 46.2 Å². The highest BCUT2D eigenvalue weighted by molar-refractivity contribution is 7.79. The minimum Gasteiger partial charge on any atom is -0.391 e. The molecule has 86 heavy (non-hydrogen) atoms. The van der Waals surface area contributed by atoms with Gasteiger partial charge in [-0.2, -0.15) is 8.42 Å². The largest absolute Gasteiger partial charge is 0.394 e. The van der Waals surface area contributed by atoms with Gasteiger partial charge in [0.2, 0.25) is 65.0 Å². The van der Waals surface area contributed by atoms with Crippen LogP contribution in [0.3, 0.4) is 0 Å².